The molecule has 0 aliphatic carbocycles. The highest BCUT2D eigenvalue weighted by atomic mass is 16.5. The molecule has 2 N–H and O–H groups in total. The summed E-state index contributed by atoms with van der Waals surface area (Å²) in [6, 6.07) is 0.0418. The van der Waals surface area contributed by atoms with Crippen molar-refractivity contribution in [2.75, 3.05) is 39.6 Å². The van der Waals surface area contributed by atoms with Gasteiger partial charge in [-0.1, -0.05) is 20.8 Å². The number of aliphatic hydroxyl groups is 1. The normalized spacial score (nSPS) is 13.4. The summed E-state index contributed by atoms with van der Waals surface area (Å²) in [5.41, 5.74) is 0. The molecule has 0 bridgehead atoms. The van der Waals surface area contributed by atoms with Gasteiger partial charge in [0.2, 0.25) is 0 Å². The van der Waals surface area contributed by atoms with Gasteiger partial charge >= 0.3 is 0 Å². The molecule has 0 radical (unpaired) electrons. The minimum Gasteiger partial charge on any atom is -0.395 e. The molecule has 1 atom stereocenters. The maximum Gasteiger partial charge on any atom is 0.0701 e. The quantitative estimate of drug-likeness (QED) is 0.530. The van der Waals surface area contributed by atoms with E-state index in [0.717, 1.165) is 13.2 Å². The Labute approximate surface area is 93.0 Å². The first-order valence-electron chi connectivity index (χ1n) is 5.70. The van der Waals surface area contributed by atoms with E-state index >= 15 is 0 Å². The highest BCUT2D eigenvalue weighted by Crippen LogP contribution is 1.92. The maximum absolute atomic E-state index is 8.96. The number of likely N-dealkylation sites (N-methyl/N-ethyl adjacent to an activating group) is 1. The fourth-order valence-electron chi connectivity index (χ4n) is 1.13. The van der Waals surface area contributed by atoms with Crippen LogP contribution in [0.4, 0.5) is 0 Å². The summed E-state index contributed by atoms with van der Waals surface area (Å²) in [5.74, 6) is 0.567. The topological polar surface area (TPSA) is 50.7 Å². The Morgan fingerprint density at radius 1 is 1.13 bits per heavy atom. The Hall–Kier alpha value is -0.160. The first-order chi connectivity index (χ1) is 7.20. The number of ether oxygens (including phenoxy) is 2. The van der Waals surface area contributed by atoms with Crippen LogP contribution in [0.2, 0.25) is 0 Å². The van der Waals surface area contributed by atoms with Gasteiger partial charge < -0.3 is 19.9 Å². The molecular formula is C11H25NO3. The lowest BCUT2D eigenvalue weighted by Gasteiger charge is -2.15. The van der Waals surface area contributed by atoms with Crippen molar-refractivity contribution in [2.45, 2.75) is 26.8 Å². The molecule has 0 spiro atoms. The highest BCUT2D eigenvalue weighted by molar-refractivity contribution is 4.62. The third kappa shape index (κ3) is 10.1. The van der Waals surface area contributed by atoms with E-state index in [2.05, 4.69) is 19.2 Å². The van der Waals surface area contributed by atoms with Crippen LogP contribution < -0.4 is 5.32 Å². The molecule has 0 aliphatic heterocycles. The lowest BCUT2D eigenvalue weighted by atomic mass is 10.2. The van der Waals surface area contributed by atoms with Gasteiger partial charge in [-0.25, -0.2) is 0 Å². The lowest BCUT2D eigenvalue weighted by Crippen LogP contribution is -2.36. The van der Waals surface area contributed by atoms with Crippen LogP contribution in [0.15, 0.2) is 0 Å². The molecule has 0 heterocycles. The molecule has 0 fully saturated rings. The van der Waals surface area contributed by atoms with Crippen LogP contribution in [-0.2, 0) is 9.47 Å². The molecule has 0 aliphatic rings. The van der Waals surface area contributed by atoms with Gasteiger partial charge in [-0.2, -0.15) is 0 Å². The Kier molecular flexibility index (Phi) is 10.3. The summed E-state index contributed by atoms with van der Waals surface area (Å²) in [4.78, 5) is 0. The van der Waals surface area contributed by atoms with Crippen LogP contribution in [0.3, 0.4) is 0 Å². The average Bonchev–Trinajstić information content (AvgIpc) is 2.21. The van der Waals surface area contributed by atoms with Crippen molar-refractivity contribution in [3.63, 3.8) is 0 Å². The number of hydrogen-bond donors (Lipinski definition) is 2. The van der Waals surface area contributed by atoms with Crippen LogP contribution >= 0.6 is 0 Å². The van der Waals surface area contributed by atoms with E-state index in [0.29, 0.717) is 25.7 Å². The molecule has 1 unspecified atom stereocenters. The standard InChI is InChI=1S/C11H25NO3/c1-4-12-11(7-13)9-15-6-5-14-8-10(2)3/h10-13H,4-9H2,1-3H3. The Bertz CT molecular complexity index is 131. The number of hydrogen-bond acceptors (Lipinski definition) is 4. The van der Waals surface area contributed by atoms with Gasteiger partial charge in [0.1, 0.15) is 0 Å². The van der Waals surface area contributed by atoms with Crippen molar-refractivity contribution in [1.82, 2.24) is 5.32 Å². The van der Waals surface area contributed by atoms with Crippen molar-refractivity contribution < 1.29 is 14.6 Å². The largest absolute Gasteiger partial charge is 0.395 e. The molecule has 0 saturated heterocycles. The second kappa shape index (κ2) is 10.4. The Balaban J connectivity index is 3.21. The number of aliphatic hydroxyl groups excluding tert-OH is 1. The second-order valence-corrected chi connectivity index (χ2v) is 3.98. The summed E-state index contributed by atoms with van der Waals surface area (Å²) in [7, 11) is 0. The average molecular weight is 219 g/mol. The zero-order valence-electron chi connectivity index (χ0n) is 10.2. The lowest BCUT2D eigenvalue weighted by molar-refractivity contribution is 0.0245. The molecule has 0 rings (SSSR count). The first-order valence-corrected chi connectivity index (χ1v) is 5.70. The predicted octanol–water partition coefficient (Wildman–Crippen LogP) is 0.646. The summed E-state index contributed by atoms with van der Waals surface area (Å²) >= 11 is 0. The van der Waals surface area contributed by atoms with Gasteiger partial charge in [0, 0.05) is 6.61 Å². The SMILES string of the molecule is CCNC(CO)COCCOCC(C)C. The third-order valence-corrected chi connectivity index (χ3v) is 1.86. The molecule has 4 heteroatoms. The molecule has 0 amide bonds. The Morgan fingerprint density at radius 2 is 1.73 bits per heavy atom. The zero-order chi connectivity index (χ0) is 11.5. The van der Waals surface area contributed by atoms with Crippen molar-refractivity contribution >= 4 is 0 Å². The van der Waals surface area contributed by atoms with Crippen molar-refractivity contribution in [3.05, 3.63) is 0 Å². The van der Waals surface area contributed by atoms with Gasteiger partial charge in [-0.15, -0.1) is 0 Å². The van der Waals surface area contributed by atoms with E-state index in [1.807, 2.05) is 6.92 Å². The van der Waals surface area contributed by atoms with Gasteiger partial charge in [0.05, 0.1) is 32.5 Å². The molecule has 4 nitrogen and oxygen atoms in total. The molecule has 92 valence electrons. The molecular weight excluding hydrogens is 194 g/mol. The van der Waals surface area contributed by atoms with E-state index < -0.39 is 0 Å². The van der Waals surface area contributed by atoms with Crippen LogP contribution in [0.25, 0.3) is 0 Å². The van der Waals surface area contributed by atoms with E-state index in [1.165, 1.54) is 0 Å². The van der Waals surface area contributed by atoms with Gasteiger partial charge in [-0.3, -0.25) is 0 Å². The monoisotopic (exact) mass is 219 g/mol. The van der Waals surface area contributed by atoms with Crippen LogP contribution in [0.5, 0.6) is 0 Å². The summed E-state index contributed by atoms with van der Waals surface area (Å²) in [6.07, 6.45) is 0. The fourth-order valence-corrected chi connectivity index (χ4v) is 1.13. The first kappa shape index (κ1) is 14.8. The summed E-state index contributed by atoms with van der Waals surface area (Å²) in [6.45, 7) is 9.74. The van der Waals surface area contributed by atoms with Crippen LogP contribution in [0, 0.1) is 5.92 Å². The van der Waals surface area contributed by atoms with E-state index in [4.69, 9.17) is 14.6 Å². The summed E-state index contributed by atoms with van der Waals surface area (Å²) < 4.78 is 10.7. The summed E-state index contributed by atoms with van der Waals surface area (Å²) in [5, 5.41) is 12.1. The van der Waals surface area contributed by atoms with Gasteiger partial charge in [0.25, 0.3) is 0 Å². The van der Waals surface area contributed by atoms with Crippen LogP contribution in [-0.4, -0.2) is 50.7 Å². The third-order valence-electron chi connectivity index (χ3n) is 1.86. The maximum atomic E-state index is 8.96. The van der Waals surface area contributed by atoms with Crippen LogP contribution in [0.1, 0.15) is 20.8 Å². The minimum atomic E-state index is 0.0418. The van der Waals surface area contributed by atoms with Gasteiger partial charge in [-0.05, 0) is 12.5 Å². The molecule has 0 aromatic heterocycles. The van der Waals surface area contributed by atoms with Crippen molar-refractivity contribution in [3.8, 4) is 0 Å². The molecule has 15 heavy (non-hydrogen) atoms. The van der Waals surface area contributed by atoms with E-state index in [9.17, 15) is 0 Å². The zero-order valence-corrected chi connectivity index (χ0v) is 10.2. The van der Waals surface area contributed by atoms with E-state index in [1.54, 1.807) is 0 Å². The number of rotatable bonds is 10. The smallest absolute Gasteiger partial charge is 0.0701 e. The van der Waals surface area contributed by atoms with Crippen molar-refractivity contribution in [1.29, 1.82) is 0 Å². The highest BCUT2D eigenvalue weighted by Gasteiger charge is 2.04. The second-order valence-electron chi connectivity index (χ2n) is 3.98. The minimum absolute atomic E-state index is 0.0418. The van der Waals surface area contributed by atoms with E-state index in [-0.39, 0.29) is 12.6 Å². The fraction of sp³-hybridized carbons (Fsp3) is 1.00. The number of nitrogens with one attached hydrogen (secondary N) is 1. The van der Waals surface area contributed by atoms with Gasteiger partial charge in [0.15, 0.2) is 0 Å². The molecule has 0 aromatic rings. The van der Waals surface area contributed by atoms with Crippen molar-refractivity contribution in [2.24, 2.45) is 5.92 Å². The molecule has 0 aromatic carbocycles. The predicted molar refractivity (Wildman–Crippen MR) is 61.0 cm³/mol. The Morgan fingerprint density at radius 3 is 2.20 bits per heavy atom. The molecule has 0 saturated carbocycles.